The van der Waals surface area contributed by atoms with Crippen LogP contribution in [0.3, 0.4) is 0 Å². The number of pyridine rings is 1. The topological polar surface area (TPSA) is 56.3 Å². The van der Waals surface area contributed by atoms with Gasteiger partial charge in [0.25, 0.3) is 5.56 Å². The fourth-order valence-corrected chi connectivity index (χ4v) is 3.97. The molecule has 4 nitrogen and oxygen atoms in total. The molecule has 1 aromatic heterocycles. The van der Waals surface area contributed by atoms with Gasteiger partial charge in [0.05, 0.1) is 11.1 Å². The third-order valence-electron chi connectivity index (χ3n) is 5.16. The van der Waals surface area contributed by atoms with Crippen molar-refractivity contribution in [3.05, 3.63) is 98.8 Å². The molecule has 30 heavy (non-hydrogen) atoms. The lowest BCUT2D eigenvalue weighted by Gasteiger charge is -2.15. The van der Waals surface area contributed by atoms with Crippen LogP contribution < -0.4 is 5.56 Å². The van der Waals surface area contributed by atoms with E-state index in [-0.39, 0.29) is 16.9 Å². The van der Waals surface area contributed by atoms with Crippen LogP contribution in [0, 0.1) is 0 Å². The summed E-state index contributed by atoms with van der Waals surface area (Å²) in [6.45, 7) is 0.865. The zero-order valence-corrected chi connectivity index (χ0v) is 17.7. The van der Waals surface area contributed by atoms with Crippen molar-refractivity contribution >= 4 is 22.5 Å². The number of H-pyrrole nitrogens is 1. The summed E-state index contributed by atoms with van der Waals surface area (Å²) in [6.07, 6.45) is 0.750. The van der Waals surface area contributed by atoms with Gasteiger partial charge in [0.15, 0.2) is 0 Å². The number of aromatic hydroxyl groups is 1. The van der Waals surface area contributed by atoms with Crippen LogP contribution in [-0.2, 0) is 13.0 Å². The van der Waals surface area contributed by atoms with Gasteiger partial charge in [0, 0.05) is 17.0 Å². The van der Waals surface area contributed by atoms with Crippen LogP contribution in [0.1, 0.15) is 16.7 Å². The van der Waals surface area contributed by atoms with Crippen molar-refractivity contribution in [3.63, 3.8) is 0 Å². The number of hydrogen-bond donors (Lipinski definition) is 2. The lowest BCUT2D eigenvalue weighted by Crippen LogP contribution is -2.12. The van der Waals surface area contributed by atoms with Crippen LogP contribution in [0.2, 0.25) is 5.02 Å². The molecule has 0 radical (unpaired) electrons. The SMILES string of the molecule is CN(C)Cc1ccccc1Cc1cccc(-c2c(O)c3ccc(Cl)cc3[nH]c2=O)c1. The number of fused-ring (bicyclic) bond motifs is 1. The van der Waals surface area contributed by atoms with Gasteiger partial charge in [-0.15, -0.1) is 0 Å². The van der Waals surface area contributed by atoms with Crippen molar-refractivity contribution in [2.75, 3.05) is 14.1 Å². The molecule has 0 amide bonds. The van der Waals surface area contributed by atoms with Crippen molar-refractivity contribution < 1.29 is 5.11 Å². The van der Waals surface area contributed by atoms with Gasteiger partial charge >= 0.3 is 0 Å². The molecule has 4 rings (SSSR count). The minimum Gasteiger partial charge on any atom is -0.506 e. The summed E-state index contributed by atoms with van der Waals surface area (Å²) in [4.78, 5) is 17.7. The molecule has 5 heteroatoms. The predicted octanol–water partition coefficient (Wildman–Crippen LogP) is 5.21. The maximum atomic E-state index is 12.7. The van der Waals surface area contributed by atoms with E-state index in [1.807, 2.05) is 30.3 Å². The molecule has 0 fully saturated rings. The molecule has 0 aliphatic rings. The zero-order chi connectivity index (χ0) is 21.3. The second-order valence-corrected chi connectivity index (χ2v) is 8.19. The highest BCUT2D eigenvalue weighted by Gasteiger charge is 2.15. The molecule has 0 aliphatic heterocycles. The molecule has 4 aromatic rings. The van der Waals surface area contributed by atoms with Gasteiger partial charge in [-0.05, 0) is 61.0 Å². The van der Waals surface area contributed by atoms with Crippen molar-refractivity contribution in [3.8, 4) is 16.9 Å². The molecule has 0 saturated heterocycles. The van der Waals surface area contributed by atoms with Gasteiger partial charge in [0.2, 0.25) is 0 Å². The van der Waals surface area contributed by atoms with Gasteiger partial charge in [-0.2, -0.15) is 0 Å². The first-order valence-electron chi connectivity index (χ1n) is 9.77. The lowest BCUT2D eigenvalue weighted by atomic mass is 9.96. The smallest absolute Gasteiger partial charge is 0.260 e. The van der Waals surface area contributed by atoms with E-state index in [0.29, 0.717) is 21.5 Å². The van der Waals surface area contributed by atoms with E-state index in [1.54, 1.807) is 18.2 Å². The summed E-state index contributed by atoms with van der Waals surface area (Å²) in [5.74, 6) is -0.0319. The molecule has 0 aliphatic carbocycles. The van der Waals surface area contributed by atoms with Crippen molar-refractivity contribution in [1.29, 1.82) is 0 Å². The molecule has 0 bridgehead atoms. The summed E-state index contributed by atoms with van der Waals surface area (Å²) < 4.78 is 0. The second kappa shape index (κ2) is 8.34. The number of nitrogens with zero attached hydrogens (tertiary/aromatic N) is 1. The molecule has 2 N–H and O–H groups in total. The molecule has 3 aromatic carbocycles. The van der Waals surface area contributed by atoms with E-state index in [1.165, 1.54) is 11.1 Å². The Hall–Kier alpha value is -3.08. The molecule has 0 spiro atoms. The fourth-order valence-electron chi connectivity index (χ4n) is 3.80. The van der Waals surface area contributed by atoms with Crippen molar-refractivity contribution in [2.45, 2.75) is 13.0 Å². The van der Waals surface area contributed by atoms with E-state index < -0.39 is 0 Å². The van der Waals surface area contributed by atoms with Crippen LogP contribution in [0.5, 0.6) is 5.75 Å². The van der Waals surface area contributed by atoms with E-state index >= 15 is 0 Å². The van der Waals surface area contributed by atoms with Crippen LogP contribution in [-0.4, -0.2) is 29.1 Å². The summed E-state index contributed by atoms with van der Waals surface area (Å²) in [6, 6.07) is 21.2. The lowest BCUT2D eigenvalue weighted by molar-refractivity contribution is 0.401. The van der Waals surface area contributed by atoms with E-state index in [0.717, 1.165) is 18.5 Å². The first-order chi connectivity index (χ1) is 14.4. The maximum Gasteiger partial charge on any atom is 0.260 e. The van der Waals surface area contributed by atoms with Crippen LogP contribution in [0.4, 0.5) is 0 Å². The molecular formula is C25H23ClN2O2. The van der Waals surface area contributed by atoms with Crippen LogP contribution in [0.15, 0.2) is 71.5 Å². The first kappa shape index (κ1) is 20.2. The monoisotopic (exact) mass is 418 g/mol. The Bertz CT molecular complexity index is 1280. The summed E-state index contributed by atoms with van der Waals surface area (Å²) >= 11 is 6.02. The quantitative estimate of drug-likeness (QED) is 0.468. The standard InChI is InChI=1S/C25H23ClN2O2/c1-28(2)15-19-8-4-3-7-17(19)12-16-6-5-9-18(13-16)23-24(29)21-11-10-20(26)14-22(21)27-25(23)30/h3-11,13-14H,12,15H2,1-2H3,(H2,27,29,30). The molecule has 0 saturated carbocycles. The Morgan fingerprint density at radius 2 is 1.73 bits per heavy atom. The molecule has 152 valence electrons. The second-order valence-electron chi connectivity index (χ2n) is 7.75. The average molecular weight is 419 g/mol. The largest absolute Gasteiger partial charge is 0.506 e. The van der Waals surface area contributed by atoms with Crippen LogP contribution in [0.25, 0.3) is 22.0 Å². The minimum atomic E-state index is -0.340. The number of rotatable bonds is 5. The fraction of sp³-hybridized carbons (Fsp3) is 0.160. The number of benzene rings is 3. The number of halogens is 1. The van der Waals surface area contributed by atoms with Crippen molar-refractivity contribution in [2.24, 2.45) is 0 Å². The Labute approximate surface area is 180 Å². The molecule has 0 atom stereocenters. The van der Waals surface area contributed by atoms with Gasteiger partial charge < -0.3 is 15.0 Å². The van der Waals surface area contributed by atoms with Crippen LogP contribution >= 0.6 is 11.6 Å². The van der Waals surface area contributed by atoms with Gasteiger partial charge in [0.1, 0.15) is 5.75 Å². The van der Waals surface area contributed by atoms with E-state index in [2.05, 4.69) is 42.2 Å². The summed E-state index contributed by atoms with van der Waals surface area (Å²) in [5.41, 5.74) is 4.73. The number of aromatic amines is 1. The normalized spacial score (nSPS) is 11.3. The Kier molecular flexibility index (Phi) is 5.62. The summed E-state index contributed by atoms with van der Waals surface area (Å²) in [7, 11) is 4.11. The Morgan fingerprint density at radius 1 is 0.967 bits per heavy atom. The third-order valence-corrected chi connectivity index (χ3v) is 5.40. The highest BCUT2D eigenvalue weighted by Crippen LogP contribution is 2.33. The number of nitrogens with one attached hydrogen (secondary N) is 1. The number of aromatic nitrogens is 1. The van der Waals surface area contributed by atoms with E-state index in [9.17, 15) is 9.90 Å². The highest BCUT2D eigenvalue weighted by molar-refractivity contribution is 6.31. The third kappa shape index (κ3) is 4.11. The van der Waals surface area contributed by atoms with E-state index in [4.69, 9.17) is 11.6 Å². The molecule has 1 heterocycles. The average Bonchev–Trinajstić information content (AvgIpc) is 2.69. The minimum absolute atomic E-state index is 0.0319. The van der Waals surface area contributed by atoms with Gasteiger partial charge in [-0.3, -0.25) is 4.79 Å². The first-order valence-corrected chi connectivity index (χ1v) is 10.2. The summed E-state index contributed by atoms with van der Waals surface area (Å²) in [5, 5.41) is 11.9. The maximum absolute atomic E-state index is 12.7. The van der Waals surface area contributed by atoms with Crippen molar-refractivity contribution in [1.82, 2.24) is 9.88 Å². The predicted molar refractivity (Wildman–Crippen MR) is 123 cm³/mol. The van der Waals surface area contributed by atoms with Gasteiger partial charge in [-0.1, -0.05) is 60.1 Å². The Morgan fingerprint density at radius 3 is 2.50 bits per heavy atom. The highest BCUT2D eigenvalue weighted by atomic mass is 35.5. The Balaban J connectivity index is 1.75. The number of hydrogen-bond acceptors (Lipinski definition) is 3. The zero-order valence-electron chi connectivity index (χ0n) is 16.9. The molecular weight excluding hydrogens is 396 g/mol. The molecule has 0 unspecified atom stereocenters. The van der Waals surface area contributed by atoms with Gasteiger partial charge in [-0.25, -0.2) is 0 Å².